The van der Waals surface area contributed by atoms with Gasteiger partial charge in [-0.25, -0.2) is 0 Å². The second-order valence-electron chi connectivity index (χ2n) is 5.04. The molecule has 0 radical (unpaired) electrons. The first-order valence-corrected chi connectivity index (χ1v) is 6.33. The van der Waals surface area contributed by atoms with Crippen LogP contribution in [0.5, 0.6) is 0 Å². The molecular weight excluding hydrogens is 172 g/mol. The fourth-order valence-corrected chi connectivity index (χ4v) is 2.96. The highest BCUT2D eigenvalue weighted by atomic mass is 15.0. The highest BCUT2D eigenvalue weighted by molar-refractivity contribution is 4.83. The van der Waals surface area contributed by atoms with Crippen LogP contribution in [0.15, 0.2) is 0 Å². The van der Waals surface area contributed by atoms with Gasteiger partial charge >= 0.3 is 0 Å². The van der Waals surface area contributed by atoms with Crippen molar-refractivity contribution in [3.8, 4) is 0 Å². The van der Waals surface area contributed by atoms with E-state index in [-0.39, 0.29) is 0 Å². The summed E-state index contributed by atoms with van der Waals surface area (Å²) < 4.78 is 0. The first-order valence-electron chi connectivity index (χ1n) is 6.33. The summed E-state index contributed by atoms with van der Waals surface area (Å²) in [6, 6.07) is 1.47. The number of nitrogens with one attached hydrogen (secondary N) is 2. The van der Waals surface area contributed by atoms with E-state index < -0.39 is 0 Å². The topological polar surface area (TPSA) is 24.1 Å². The summed E-state index contributed by atoms with van der Waals surface area (Å²) in [6.07, 6.45) is 8.53. The lowest BCUT2D eigenvalue weighted by Gasteiger charge is -2.30. The summed E-state index contributed by atoms with van der Waals surface area (Å²) in [4.78, 5) is 0. The summed E-state index contributed by atoms with van der Waals surface area (Å²) in [6.45, 7) is 4.78. The van der Waals surface area contributed by atoms with Gasteiger partial charge in [-0.2, -0.15) is 0 Å². The number of piperidine rings is 1. The van der Waals surface area contributed by atoms with Gasteiger partial charge in [0.25, 0.3) is 0 Å². The quantitative estimate of drug-likeness (QED) is 0.720. The van der Waals surface area contributed by atoms with Crippen LogP contribution in [0.2, 0.25) is 0 Å². The molecule has 0 aromatic heterocycles. The van der Waals surface area contributed by atoms with Gasteiger partial charge in [0.05, 0.1) is 0 Å². The summed E-state index contributed by atoms with van der Waals surface area (Å²) in [5, 5.41) is 7.27. The highest BCUT2D eigenvalue weighted by Gasteiger charge is 2.23. The maximum absolute atomic E-state index is 3.80. The molecule has 2 nitrogen and oxygen atoms in total. The van der Waals surface area contributed by atoms with Crippen LogP contribution in [-0.4, -0.2) is 25.2 Å². The summed E-state index contributed by atoms with van der Waals surface area (Å²) >= 11 is 0. The molecule has 2 fully saturated rings. The van der Waals surface area contributed by atoms with Gasteiger partial charge in [-0.1, -0.05) is 12.8 Å². The molecule has 1 aliphatic heterocycles. The van der Waals surface area contributed by atoms with E-state index in [0.717, 1.165) is 18.0 Å². The fraction of sp³-hybridized carbons (Fsp3) is 1.00. The lowest BCUT2D eigenvalue weighted by Crippen LogP contribution is -2.48. The molecule has 2 aliphatic rings. The SMILES string of the molecule is CC(NC1CCCNC1)C1CCCC1. The van der Waals surface area contributed by atoms with Crippen LogP contribution in [0, 0.1) is 5.92 Å². The normalized spacial score (nSPS) is 31.9. The second kappa shape index (κ2) is 5.13. The van der Waals surface area contributed by atoms with Gasteiger partial charge in [0.15, 0.2) is 0 Å². The molecule has 14 heavy (non-hydrogen) atoms. The van der Waals surface area contributed by atoms with Crippen LogP contribution < -0.4 is 10.6 Å². The molecule has 0 amide bonds. The molecular formula is C12H24N2. The molecule has 2 rings (SSSR count). The van der Waals surface area contributed by atoms with Crippen molar-refractivity contribution in [2.45, 2.75) is 57.5 Å². The average molecular weight is 196 g/mol. The minimum absolute atomic E-state index is 0.736. The van der Waals surface area contributed by atoms with E-state index in [1.807, 2.05) is 0 Å². The summed E-state index contributed by atoms with van der Waals surface area (Å²) in [7, 11) is 0. The molecule has 2 unspecified atom stereocenters. The Bertz CT molecular complexity index is 158. The molecule has 0 aromatic rings. The van der Waals surface area contributed by atoms with Crippen molar-refractivity contribution in [3.05, 3.63) is 0 Å². The molecule has 1 saturated heterocycles. The van der Waals surface area contributed by atoms with Crippen molar-refractivity contribution >= 4 is 0 Å². The smallest absolute Gasteiger partial charge is 0.0195 e. The van der Waals surface area contributed by atoms with Gasteiger partial charge < -0.3 is 10.6 Å². The van der Waals surface area contributed by atoms with Crippen molar-refractivity contribution in [1.29, 1.82) is 0 Å². The lowest BCUT2D eigenvalue weighted by molar-refractivity contribution is 0.302. The summed E-state index contributed by atoms with van der Waals surface area (Å²) in [5.74, 6) is 0.955. The Kier molecular flexibility index (Phi) is 3.82. The third-order valence-corrected chi connectivity index (χ3v) is 3.90. The standard InChI is InChI=1S/C12H24N2/c1-10(11-5-2-3-6-11)14-12-7-4-8-13-9-12/h10-14H,2-9H2,1H3. The lowest BCUT2D eigenvalue weighted by atomic mass is 9.97. The zero-order valence-electron chi connectivity index (χ0n) is 9.39. The Morgan fingerprint density at radius 1 is 1.14 bits per heavy atom. The molecule has 2 heteroatoms. The minimum atomic E-state index is 0.736. The van der Waals surface area contributed by atoms with Crippen molar-refractivity contribution < 1.29 is 0 Å². The number of rotatable bonds is 3. The average Bonchev–Trinajstić information content (AvgIpc) is 2.72. The van der Waals surface area contributed by atoms with E-state index >= 15 is 0 Å². The van der Waals surface area contributed by atoms with Crippen molar-refractivity contribution in [2.24, 2.45) is 5.92 Å². The Morgan fingerprint density at radius 3 is 2.57 bits per heavy atom. The maximum Gasteiger partial charge on any atom is 0.0195 e. The zero-order valence-corrected chi connectivity index (χ0v) is 9.39. The Morgan fingerprint density at radius 2 is 1.93 bits per heavy atom. The third-order valence-electron chi connectivity index (χ3n) is 3.90. The monoisotopic (exact) mass is 196 g/mol. The Hall–Kier alpha value is -0.0800. The van der Waals surface area contributed by atoms with Crippen LogP contribution in [0.25, 0.3) is 0 Å². The predicted octanol–water partition coefficient (Wildman–Crippen LogP) is 1.91. The number of hydrogen-bond donors (Lipinski definition) is 2. The van der Waals surface area contributed by atoms with Crippen LogP contribution >= 0.6 is 0 Å². The summed E-state index contributed by atoms with van der Waals surface area (Å²) in [5.41, 5.74) is 0. The van der Waals surface area contributed by atoms with Gasteiger partial charge in [0.2, 0.25) is 0 Å². The van der Waals surface area contributed by atoms with Crippen LogP contribution in [0.1, 0.15) is 45.4 Å². The Labute approximate surface area is 87.8 Å². The Balaban J connectivity index is 1.72. The van der Waals surface area contributed by atoms with Crippen LogP contribution in [-0.2, 0) is 0 Å². The molecule has 2 N–H and O–H groups in total. The van der Waals surface area contributed by atoms with Crippen molar-refractivity contribution in [3.63, 3.8) is 0 Å². The number of hydrogen-bond acceptors (Lipinski definition) is 2. The molecule has 0 spiro atoms. The van der Waals surface area contributed by atoms with Gasteiger partial charge in [-0.05, 0) is 45.1 Å². The fourth-order valence-electron chi connectivity index (χ4n) is 2.96. The zero-order chi connectivity index (χ0) is 9.80. The molecule has 1 heterocycles. The largest absolute Gasteiger partial charge is 0.315 e. The van der Waals surface area contributed by atoms with Crippen LogP contribution in [0.3, 0.4) is 0 Å². The molecule has 1 aliphatic carbocycles. The first-order chi connectivity index (χ1) is 6.86. The van der Waals surface area contributed by atoms with E-state index in [9.17, 15) is 0 Å². The second-order valence-corrected chi connectivity index (χ2v) is 5.04. The van der Waals surface area contributed by atoms with Gasteiger partial charge in [0, 0.05) is 18.6 Å². The minimum Gasteiger partial charge on any atom is -0.315 e. The van der Waals surface area contributed by atoms with Gasteiger partial charge in [-0.15, -0.1) is 0 Å². The van der Waals surface area contributed by atoms with E-state index in [1.54, 1.807) is 0 Å². The van der Waals surface area contributed by atoms with E-state index in [2.05, 4.69) is 17.6 Å². The molecule has 2 atom stereocenters. The highest BCUT2D eigenvalue weighted by Crippen LogP contribution is 2.27. The molecule has 82 valence electrons. The first kappa shape index (κ1) is 10.4. The van der Waals surface area contributed by atoms with E-state index in [1.165, 1.54) is 51.6 Å². The van der Waals surface area contributed by atoms with Crippen molar-refractivity contribution in [2.75, 3.05) is 13.1 Å². The molecule has 1 saturated carbocycles. The molecule has 0 bridgehead atoms. The van der Waals surface area contributed by atoms with Gasteiger partial charge in [-0.3, -0.25) is 0 Å². The third kappa shape index (κ3) is 2.71. The van der Waals surface area contributed by atoms with Crippen LogP contribution in [0.4, 0.5) is 0 Å². The maximum atomic E-state index is 3.80. The predicted molar refractivity (Wildman–Crippen MR) is 60.4 cm³/mol. The van der Waals surface area contributed by atoms with Crippen molar-refractivity contribution in [1.82, 2.24) is 10.6 Å². The van der Waals surface area contributed by atoms with E-state index in [0.29, 0.717) is 0 Å². The van der Waals surface area contributed by atoms with Gasteiger partial charge in [0.1, 0.15) is 0 Å². The van der Waals surface area contributed by atoms with E-state index in [4.69, 9.17) is 0 Å². The molecule has 0 aromatic carbocycles.